The van der Waals surface area contributed by atoms with E-state index in [0.29, 0.717) is 6.73 Å². The summed E-state index contributed by atoms with van der Waals surface area (Å²) in [5.74, 6) is 0.931. The molecule has 78 valence electrons. The van der Waals surface area contributed by atoms with Gasteiger partial charge in [-0.25, -0.2) is 0 Å². The number of methoxy groups -OCH3 is 1. The number of likely N-dealkylation sites (tertiary alicyclic amines) is 1. The molecule has 0 atom stereocenters. The van der Waals surface area contributed by atoms with Crippen LogP contribution >= 0.6 is 0 Å². The van der Waals surface area contributed by atoms with Crippen LogP contribution in [0.15, 0.2) is 0 Å². The van der Waals surface area contributed by atoms with E-state index in [1.807, 2.05) is 0 Å². The largest absolute Gasteiger partial charge is 0.370 e. The van der Waals surface area contributed by atoms with Gasteiger partial charge in [0.05, 0.1) is 6.73 Å². The number of nitrogens with zero attached hydrogens (tertiary/aromatic N) is 1. The molecule has 0 aliphatic carbocycles. The fraction of sp³-hybridized carbons (Fsp3) is 1.00. The summed E-state index contributed by atoms with van der Waals surface area (Å²) < 4.78 is 4.93. The molecule has 3 nitrogen and oxygen atoms in total. The molecule has 1 rings (SSSR count). The minimum absolute atomic E-state index is 0.687. The van der Waals surface area contributed by atoms with Crippen LogP contribution in [0.1, 0.15) is 19.3 Å². The van der Waals surface area contributed by atoms with Gasteiger partial charge in [0.1, 0.15) is 0 Å². The molecule has 0 radical (unpaired) electrons. The van der Waals surface area contributed by atoms with Gasteiger partial charge in [0.25, 0.3) is 0 Å². The van der Waals surface area contributed by atoms with Crippen molar-refractivity contribution in [1.82, 2.24) is 10.2 Å². The third-order valence-electron chi connectivity index (χ3n) is 2.81. The lowest BCUT2D eigenvalue weighted by atomic mass is 9.94. The molecule has 1 aliphatic heterocycles. The fourth-order valence-corrected chi connectivity index (χ4v) is 1.83. The average Bonchev–Trinajstić information content (AvgIpc) is 2.15. The number of hydrogen-bond acceptors (Lipinski definition) is 3. The van der Waals surface area contributed by atoms with E-state index >= 15 is 0 Å². The number of piperidine rings is 1. The van der Waals surface area contributed by atoms with Gasteiger partial charge < -0.3 is 9.64 Å². The van der Waals surface area contributed by atoms with E-state index in [2.05, 4.69) is 17.3 Å². The first-order valence-corrected chi connectivity index (χ1v) is 5.21. The predicted octanol–water partition coefficient (Wildman–Crippen LogP) is 0.912. The highest BCUT2D eigenvalue weighted by atomic mass is 16.5. The van der Waals surface area contributed by atoms with Crippen LogP contribution in [-0.2, 0) is 4.74 Å². The molecule has 0 saturated carbocycles. The predicted molar refractivity (Wildman–Crippen MR) is 54.7 cm³/mol. The molecule has 1 N–H and O–H groups in total. The summed E-state index contributed by atoms with van der Waals surface area (Å²) >= 11 is 0. The molecule has 0 amide bonds. The van der Waals surface area contributed by atoms with E-state index in [0.717, 1.165) is 12.5 Å². The maximum absolute atomic E-state index is 4.93. The molecule has 0 aromatic heterocycles. The summed E-state index contributed by atoms with van der Waals surface area (Å²) in [6, 6.07) is 0. The molecule has 0 aromatic rings. The Labute approximate surface area is 81.4 Å². The molecule has 1 heterocycles. The van der Waals surface area contributed by atoms with Gasteiger partial charge in [-0.15, -0.1) is 0 Å². The van der Waals surface area contributed by atoms with Crippen molar-refractivity contribution in [3.8, 4) is 0 Å². The Morgan fingerprint density at radius 2 is 2.08 bits per heavy atom. The topological polar surface area (TPSA) is 24.5 Å². The molecule has 1 aliphatic rings. The Morgan fingerprint density at radius 3 is 2.69 bits per heavy atom. The van der Waals surface area contributed by atoms with Crippen LogP contribution < -0.4 is 5.32 Å². The van der Waals surface area contributed by atoms with E-state index in [9.17, 15) is 0 Å². The Kier molecular flexibility index (Phi) is 5.35. The number of rotatable bonds is 5. The first-order valence-electron chi connectivity index (χ1n) is 5.21. The third-order valence-corrected chi connectivity index (χ3v) is 2.81. The Morgan fingerprint density at radius 1 is 1.38 bits per heavy atom. The second kappa shape index (κ2) is 6.35. The van der Waals surface area contributed by atoms with Crippen LogP contribution in [0.3, 0.4) is 0 Å². The quantitative estimate of drug-likeness (QED) is 0.510. The van der Waals surface area contributed by atoms with Gasteiger partial charge in [0, 0.05) is 7.11 Å². The molecule has 0 aromatic carbocycles. The van der Waals surface area contributed by atoms with E-state index < -0.39 is 0 Å². The van der Waals surface area contributed by atoms with Crippen molar-refractivity contribution in [2.75, 3.05) is 40.5 Å². The minimum Gasteiger partial charge on any atom is -0.370 e. The third kappa shape index (κ3) is 4.60. The second-order valence-electron chi connectivity index (χ2n) is 3.97. The van der Waals surface area contributed by atoms with Crippen LogP contribution in [0.5, 0.6) is 0 Å². The lowest BCUT2D eigenvalue weighted by Crippen LogP contribution is -2.31. The molecule has 0 bridgehead atoms. The second-order valence-corrected chi connectivity index (χ2v) is 3.97. The van der Waals surface area contributed by atoms with Crippen LogP contribution in [0.2, 0.25) is 0 Å². The first kappa shape index (κ1) is 11.0. The molecule has 13 heavy (non-hydrogen) atoms. The molecule has 0 spiro atoms. The average molecular weight is 186 g/mol. The number of hydrogen-bond donors (Lipinski definition) is 1. The lowest BCUT2D eigenvalue weighted by Gasteiger charge is -2.28. The van der Waals surface area contributed by atoms with Gasteiger partial charge in [-0.1, -0.05) is 0 Å². The van der Waals surface area contributed by atoms with Gasteiger partial charge >= 0.3 is 0 Å². The standard InChI is InChI=1S/C10H22N2O/c1-12-7-4-10(5-8-12)3-6-11-9-13-2/h10-11H,3-9H2,1-2H3. The number of nitrogens with one attached hydrogen (secondary N) is 1. The van der Waals surface area contributed by atoms with E-state index in [1.54, 1.807) is 7.11 Å². The molecular weight excluding hydrogens is 164 g/mol. The van der Waals surface area contributed by atoms with Gasteiger partial charge in [-0.3, -0.25) is 5.32 Å². The first-order chi connectivity index (χ1) is 6.33. The van der Waals surface area contributed by atoms with Crippen molar-refractivity contribution in [1.29, 1.82) is 0 Å². The van der Waals surface area contributed by atoms with Crippen LogP contribution in [0.25, 0.3) is 0 Å². The summed E-state index contributed by atoms with van der Waals surface area (Å²) in [5, 5.41) is 3.26. The van der Waals surface area contributed by atoms with Crippen molar-refractivity contribution in [2.24, 2.45) is 5.92 Å². The Bertz CT molecular complexity index is 122. The zero-order valence-corrected chi connectivity index (χ0v) is 8.88. The highest BCUT2D eigenvalue weighted by Crippen LogP contribution is 2.18. The SMILES string of the molecule is COCNCCC1CCN(C)CC1. The van der Waals surface area contributed by atoms with Crippen LogP contribution in [0, 0.1) is 5.92 Å². The molecule has 0 unspecified atom stereocenters. The zero-order chi connectivity index (χ0) is 9.52. The highest BCUT2D eigenvalue weighted by Gasteiger charge is 2.15. The summed E-state index contributed by atoms with van der Waals surface area (Å²) in [4.78, 5) is 2.42. The summed E-state index contributed by atoms with van der Waals surface area (Å²) in [5.41, 5.74) is 0. The van der Waals surface area contributed by atoms with Gasteiger partial charge in [0.15, 0.2) is 0 Å². The van der Waals surface area contributed by atoms with E-state index in [4.69, 9.17) is 4.74 Å². The van der Waals surface area contributed by atoms with Crippen molar-refractivity contribution in [3.05, 3.63) is 0 Å². The molecular formula is C10H22N2O. The maximum Gasteiger partial charge on any atom is 0.0961 e. The van der Waals surface area contributed by atoms with Crippen molar-refractivity contribution in [2.45, 2.75) is 19.3 Å². The van der Waals surface area contributed by atoms with Crippen molar-refractivity contribution >= 4 is 0 Å². The van der Waals surface area contributed by atoms with Gasteiger partial charge in [0.2, 0.25) is 0 Å². The Hall–Kier alpha value is -0.120. The smallest absolute Gasteiger partial charge is 0.0961 e. The maximum atomic E-state index is 4.93. The van der Waals surface area contributed by atoms with Crippen molar-refractivity contribution in [3.63, 3.8) is 0 Å². The molecule has 1 saturated heterocycles. The Balaban J connectivity index is 1.96. The van der Waals surface area contributed by atoms with Gasteiger partial charge in [-0.2, -0.15) is 0 Å². The summed E-state index contributed by atoms with van der Waals surface area (Å²) in [6.45, 7) is 4.33. The van der Waals surface area contributed by atoms with E-state index in [1.165, 1.54) is 32.4 Å². The minimum atomic E-state index is 0.687. The zero-order valence-electron chi connectivity index (χ0n) is 8.88. The normalized spacial score (nSPS) is 20.8. The molecule has 3 heteroatoms. The van der Waals surface area contributed by atoms with E-state index in [-0.39, 0.29) is 0 Å². The monoisotopic (exact) mass is 186 g/mol. The lowest BCUT2D eigenvalue weighted by molar-refractivity contribution is 0.167. The van der Waals surface area contributed by atoms with Crippen LogP contribution in [-0.4, -0.2) is 45.4 Å². The highest BCUT2D eigenvalue weighted by molar-refractivity contribution is 4.70. The fourth-order valence-electron chi connectivity index (χ4n) is 1.83. The van der Waals surface area contributed by atoms with Crippen LogP contribution in [0.4, 0.5) is 0 Å². The van der Waals surface area contributed by atoms with Gasteiger partial charge in [-0.05, 0) is 51.9 Å². The van der Waals surface area contributed by atoms with Crippen molar-refractivity contribution < 1.29 is 4.74 Å². The molecule has 1 fully saturated rings. The number of ether oxygens (including phenoxy) is 1. The summed E-state index contributed by atoms with van der Waals surface area (Å²) in [7, 11) is 3.93. The summed E-state index contributed by atoms with van der Waals surface area (Å²) in [6.07, 6.45) is 4.04.